The molecule has 5 heteroatoms. The molecule has 0 aliphatic rings. The Labute approximate surface area is 89.6 Å². The molecule has 0 heterocycles. The molecule has 0 aliphatic heterocycles. The van der Waals surface area contributed by atoms with Crippen LogP contribution in [-0.2, 0) is 16.1 Å². The van der Waals surface area contributed by atoms with Crippen LogP contribution in [0.25, 0.3) is 0 Å². The van der Waals surface area contributed by atoms with Gasteiger partial charge in [0.05, 0.1) is 13.5 Å². The van der Waals surface area contributed by atoms with E-state index in [1.807, 2.05) is 0 Å². The van der Waals surface area contributed by atoms with Crippen molar-refractivity contribution in [3.8, 4) is 0 Å². The summed E-state index contributed by atoms with van der Waals surface area (Å²) in [7, 11) is 5.33. The largest absolute Gasteiger partial charge is 0.461 e. The number of hydrogen-bond donors (Lipinski definition) is 1. The number of carbonyl (C=O) groups excluding carboxylic acids is 1. The summed E-state index contributed by atoms with van der Waals surface area (Å²) in [5, 5.41) is 3.26. The molecular weight excluding hydrogens is 191 g/mol. The van der Waals surface area contributed by atoms with Gasteiger partial charge in [-0.05, 0) is 17.7 Å². The second-order valence-corrected chi connectivity index (χ2v) is 3.17. The van der Waals surface area contributed by atoms with Crippen molar-refractivity contribution in [2.24, 2.45) is 5.11 Å². The first-order chi connectivity index (χ1) is 7.13. The number of rotatable bonds is 4. The maximum Gasteiger partial charge on any atom is 0.300 e. The maximum atomic E-state index is 11.0. The molecule has 15 heavy (non-hydrogen) atoms. The molecule has 1 unspecified atom stereocenters. The van der Waals surface area contributed by atoms with Gasteiger partial charge in [0.25, 0.3) is 5.97 Å². The monoisotopic (exact) mass is 202 g/mol. The van der Waals surface area contributed by atoms with Crippen LogP contribution in [0.5, 0.6) is 0 Å². The summed E-state index contributed by atoms with van der Waals surface area (Å²) in [5.74, 6) is -1.03. The maximum absolute atomic E-state index is 11.0. The number of ether oxygens (including phenoxy) is 1. The van der Waals surface area contributed by atoms with Crippen molar-refractivity contribution in [3.05, 3.63) is 29.8 Å². The molecule has 0 spiro atoms. The molecule has 0 aliphatic carbocycles. The lowest BCUT2D eigenvalue weighted by molar-refractivity contribution is -0.144. The quantitative estimate of drug-likeness (QED) is 0.462. The number of hydrogen-bond acceptors (Lipinski definition) is 4. The minimum absolute atomic E-state index is 0.193. The van der Waals surface area contributed by atoms with Crippen LogP contribution in [0.4, 0.5) is 5.69 Å². The van der Waals surface area contributed by atoms with Crippen LogP contribution in [0.2, 0.25) is 5.82 Å². The summed E-state index contributed by atoms with van der Waals surface area (Å²) in [4.78, 5) is 11.0. The van der Waals surface area contributed by atoms with Gasteiger partial charge in [-0.3, -0.25) is 4.79 Å². The first-order valence-corrected chi connectivity index (χ1v) is 4.52. The van der Waals surface area contributed by atoms with E-state index in [0.29, 0.717) is 5.69 Å². The summed E-state index contributed by atoms with van der Waals surface area (Å²) in [6, 6.07) is 6.87. The van der Waals surface area contributed by atoms with Gasteiger partial charge in [0.1, 0.15) is 6.61 Å². The molecule has 0 amide bonds. The molecule has 4 nitrogen and oxygen atoms in total. The van der Waals surface area contributed by atoms with E-state index in [1.54, 1.807) is 31.2 Å². The van der Waals surface area contributed by atoms with Crippen molar-refractivity contribution in [2.45, 2.75) is 19.3 Å². The molecule has 0 fully saturated rings. The third-order valence-corrected chi connectivity index (χ3v) is 1.82. The molecule has 1 aromatic rings. The smallest absolute Gasteiger partial charge is 0.300 e. The van der Waals surface area contributed by atoms with Crippen LogP contribution >= 0.6 is 0 Å². The lowest BCUT2D eigenvalue weighted by Gasteiger charge is -2.07. The van der Waals surface area contributed by atoms with E-state index in [0.717, 1.165) is 5.56 Å². The van der Waals surface area contributed by atoms with Gasteiger partial charge in [0.15, 0.2) is 0 Å². The zero-order valence-electron chi connectivity index (χ0n) is 8.43. The lowest BCUT2D eigenvalue weighted by Crippen LogP contribution is -2.09. The van der Waals surface area contributed by atoms with E-state index in [2.05, 4.69) is 5.11 Å². The first-order valence-electron chi connectivity index (χ1n) is 4.52. The predicted molar refractivity (Wildman–Crippen MR) is 56.2 cm³/mol. The fourth-order valence-electron chi connectivity index (χ4n) is 0.953. The second-order valence-electron chi connectivity index (χ2n) is 3.17. The fraction of sp³-hybridized carbons (Fsp3) is 0.300. The predicted octanol–water partition coefficient (Wildman–Crippen LogP) is 2.37. The van der Waals surface area contributed by atoms with Crippen LogP contribution in [0.15, 0.2) is 29.4 Å². The zero-order valence-corrected chi connectivity index (χ0v) is 8.43. The van der Waals surface area contributed by atoms with Crippen LogP contribution in [0.3, 0.4) is 0 Å². The van der Waals surface area contributed by atoms with E-state index in [9.17, 15) is 4.79 Å². The minimum atomic E-state index is -0.604. The summed E-state index contributed by atoms with van der Waals surface area (Å²) in [6.45, 7) is 1.77. The highest BCUT2D eigenvalue weighted by atomic mass is 16.5. The van der Waals surface area contributed by atoms with Crippen LogP contribution in [-0.4, -0.2) is 13.8 Å². The molecular formula is C10H11BN2O2. The highest BCUT2D eigenvalue weighted by molar-refractivity contribution is 6.22. The van der Waals surface area contributed by atoms with Gasteiger partial charge in [0, 0.05) is 5.82 Å². The highest BCUT2D eigenvalue weighted by Crippen LogP contribution is 2.13. The van der Waals surface area contributed by atoms with E-state index in [-0.39, 0.29) is 6.61 Å². The van der Waals surface area contributed by atoms with Crippen molar-refractivity contribution >= 4 is 19.5 Å². The summed E-state index contributed by atoms with van der Waals surface area (Å²) >= 11 is 0. The Morgan fingerprint density at radius 2 is 2.13 bits per heavy atom. The third-order valence-electron chi connectivity index (χ3n) is 1.82. The van der Waals surface area contributed by atoms with Gasteiger partial charge in [-0.2, -0.15) is 5.11 Å². The molecule has 1 atom stereocenters. The van der Waals surface area contributed by atoms with Gasteiger partial charge < -0.3 is 4.74 Å². The SMILES string of the molecule is [B]C(C)C(=O)OCc1ccc(N=N)cc1. The van der Waals surface area contributed by atoms with E-state index < -0.39 is 11.8 Å². The number of benzene rings is 1. The minimum Gasteiger partial charge on any atom is -0.461 e. The van der Waals surface area contributed by atoms with Gasteiger partial charge in [0.2, 0.25) is 0 Å². The van der Waals surface area contributed by atoms with E-state index >= 15 is 0 Å². The average molecular weight is 202 g/mol. The summed E-state index contributed by atoms with van der Waals surface area (Å²) in [6.07, 6.45) is 0. The molecule has 1 aromatic carbocycles. The average Bonchev–Trinajstić information content (AvgIpc) is 2.26. The Balaban J connectivity index is 2.51. The van der Waals surface area contributed by atoms with Crippen LogP contribution in [0, 0.1) is 5.53 Å². The molecule has 1 rings (SSSR count). The van der Waals surface area contributed by atoms with Gasteiger partial charge in [-0.25, -0.2) is 5.53 Å². The number of carbonyl (C=O) groups is 1. The number of nitrogens with zero attached hydrogens (tertiary/aromatic N) is 1. The van der Waals surface area contributed by atoms with E-state index in [4.69, 9.17) is 18.1 Å². The van der Waals surface area contributed by atoms with Crippen LogP contribution < -0.4 is 0 Å². The van der Waals surface area contributed by atoms with Crippen molar-refractivity contribution in [3.63, 3.8) is 0 Å². The van der Waals surface area contributed by atoms with Gasteiger partial charge in [-0.15, -0.1) is 0 Å². The van der Waals surface area contributed by atoms with Crippen molar-refractivity contribution in [1.82, 2.24) is 0 Å². The zero-order chi connectivity index (χ0) is 11.3. The third kappa shape index (κ3) is 3.54. The molecule has 0 aromatic heterocycles. The van der Waals surface area contributed by atoms with Crippen molar-refractivity contribution in [2.75, 3.05) is 0 Å². The standard InChI is InChI=1S/C10H11BN2O2/c1-7(11)10(14)15-6-8-2-4-9(13-12)5-3-8/h2-5,7,12H,6H2,1H3. The Kier molecular flexibility index (Phi) is 4.03. The topological polar surface area (TPSA) is 62.5 Å². The second kappa shape index (κ2) is 5.29. The van der Waals surface area contributed by atoms with Gasteiger partial charge in [-0.1, -0.05) is 19.1 Å². The van der Waals surface area contributed by atoms with Gasteiger partial charge >= 0.3 is 0 Å². The Hall–Kier alpha value is -1.65. The molecule has 0 saturated heterocycles. The Morgan fingerprint density at radius 1 is 1.53 bits per heavy atom. The number of esters is 1. The lowest BCUT2D eigenvalue weighted by atomic mass is 9.90. The molecule has 1 N–H and O–H groups in total. The molecule has 0 saturated carbocycles. The van der Waals surface area contributed by atoms with Crippen LogP contribution in [0.1, 0.15) is 12.5 Å². The van der Waals surface area contributed by atoms with Crippen molar-refractivity contribution in [1.29, 1.82) is 5.53 Å². The fourth-order valence-corrected chi connectivity index (χ4v) is 0.953. The summed E-state index contributed by atoms with van der Waals surface area (Å²) < 4.78 is 4.92. The normalized spacial score (nSPS) is 11.8. The highest BCUT2D eigenvalue weighted by Gasteiger charge is 2.07. The Bertz CT molecular complexity index is 349. The molecule has 2 radical (unpaired) electrons. The Morgan fingerprint density at radius 3 is 2.60 bits per heavy atom. The number of nitrogens with one attached hydrogen (secondary N) is 1. The summed E-state index contributed by atoms with van der Waals surface area (Å²) in [5.41, 5.74) is 8.17. The van der Waals surface area contributed by atoms with E-state index in [1.165, 1.54) is 0 Å². The molecule has 76 valence electrons. The molecule has 0 bridgehead atoms. The first kappa shape index (κ1) is 11.4. The van der Waals surface area contributed by atoms with Crippen molar-refractivity contribution < 1.29 is 9.53 Å².